The minimum atomic E-state index is -1.08. The van der Waals surface area contributed by atoms with E-state index in [9.17, 15) is 9.59 Å². The summed E-state index contributed by atoms with van der Waals surface area (Å²) in [6, 6.07) is 0.310. The number of nitrogens with two attached hydrogens (primary N) is 1. The van der Waals surface area contributed by atoms with E-state index in [2.05, 4.69) is 34.8 Å². The first kappa shape index (κ1) is 26.4. The summed E-state index contributed by atoms with van der Waals surface area (Å²) in [5.41, 5.74) is 6.99. The lowest BCUT2D eigenvalue weighted by atomic mass is 10.0. The molecule has 4 unspecified atom stereocenters. The van der Waals surface area contributed by atoms with Crippen LogP contribution in [0.1, 0.15) is 77.7 Å². The summed E-state index contributed by atoms with van der Waals surface area (Å²) >= 11 is 0. The first-order valence-corrected chi connectivity index (χ1v) is 12.4. The Labute approximate surface area is 202 Å². The predicted octanol–water partition coefficient (Wildman–Crippen LogP) is 2.32. The minimum Gasteiger partial charge on any atom is -0.449 e. The van der Waals surface area contributed by atoms with Gasteiger partial charge in [0.15, 0.2) is 0 Å². The second-order valence-corrected chi connectivity index (χ2v) is 11.0. The number of nitrogens with zero attached hydrogens (tertiary/aromatic N) is 3. The quantitative estimate of drug-likeness (QED) is 0.439. The Bertz CT molecular complexity index is 866. The second-order valence-electron chi connectivity index (χ2n) is 11.0. The first-order chi connectivity index (χ1) is 15.9. The van der Waals surface area contributed by atoms with Crippen LogP contribution >= 0.6 is 0 Å². The van der Waals surface area contributed by atoms with Crippen molar-refractivity contribution in [3.63, 3.8) is 0 Å². The molecular formula is C24H42N6O4. The van der Waals surface area contributed by atoms with Gasteiger partial charge >= 0.3 is 6.09 Å². The topological polar surface area (TPSA) is 133 Å². The van der Waals surface area contributed by atoms with Gasteiger partial charge in [0.05, 0.1) is 30.2 Å². The Kier molecular flexibility index (Phi) is 8.23. The van der Waals surface area contributed by atoms with Gasteiger partial charge in [-0.15, -0.1) is 5.10 Å². The van der Waals surface area contributed by atoms with Gasteiger partial charge in [-0.3, -0.25) is 4.79 Å². The number of nitrogens with one attached hydrogen (secondary N) is 2. The zero-order valence-electron chi connectivity index (χ0n) is 21.5. The molecule has 2 aliphatic rings. The molecule has 10 heteroatoms. The Morgan fingerprint density at radius 2 is 1.88 bits per heavy atom. The largest absolute Gasteiger partial charge is 0.449 e. The summed E-state index contributed by atoms with van der Waals surface area (Å²) in [4.78, 5) is 23.9. The van der Waals surface area contributed by atoms with Crippen molar-refractivity contribution in [2.75, 3.05) is 20.3 Å². The Morgan fingerprint density at radius 1 is 1.21 bits per heavy atom. The molecule has 192 valence electrons. The van der Waals surface area contributed by atoms with E-state index < -0.39 is 17.4 Å². The number of carbonyl (C=O) groups is 2. The molecule has 1 aromatic rings. The third-order valence-electron chi connectivity index (χ3n) is 7.09. The van der Waals surface area contributed by atoms with Crippen LogP contribution in [0, 0.1) is 17.8 Å². The maximum Gasteiger partial charge on any atom is 0.408 e. The number of ether oxygens (including phenoxy) is 2. The van der Waals surface area contributed by atoms with Crippen molar-refractivity contribution < 1.29 is 19.1 Å². The van der Waals surface area contributed by atoms with Crippen molar-refractivity contribution >= 4 is 12.0 Å². The lowest BCUT2D eigenvalue weighted by molar-refractivity contribution is -0.122. The van der Waals surface area contributed by atoms with Crippen molar-refractivity contribution in [1.29, 1.82) is 0 Å². The zero-order chi connectivity index (χ0) is 25.1. The van der Waals surface area contributed by atoms with Crippen molar-refractivity contribution in [3.8, 4) is 0 Å². The standard InChI is InChI=1S/C24H42N6O4/c1-15(2)30-20-10-8-17-16(7-9-19(20)28-29-30)18(17)13-33-22(32)27-24(5,25)14-34-23(3,4)12-11-21(31)26-6/h15-18H,7-14,25H2,1-6H3,(H,26,31)(H,27,32). The molecule has 0 saturated heterocycles. The van der Waals surface area contributed by atoms with Crippen LogP contribution in [0.25, 0.3) is 0 Å². The summed E-state index contributed by atoms with van der Waals surface area (Å²) in [7, 11) is 1.61. The van der Waals surface area contributed by atoms with Crippen LogP contribution in [0.5, 0.6) is 0 Å². The van der Waals surface area contributed by atoms with E-state index in [-0.39, 0.29) is 12.5 Å². The fourth-order valence-electron chi connectivity index (χ4n) is 4.88. The molecule has 1 saturated carbocycles. The summed E-state index contributed by atoms with van der Waals surface area (Å²) in [6.45, 7) is 10.3. The molecule has 4 N–H and O–H groups in total. The van der Waals surface area contributed by atoms with Crippen molar-refractivity contribution in [1.82, 2.24) is 25.6 Å². The fraction of sp³-hybridized carbons (Fsp3) is 0.833. The molecule has 0 aromatic carbocycles. The molecule has 0 aliphatic heterocycles. The van der Waals surface area contributed by atoms with Gasteiger partial charge in [-0.2, -0.15) is 0 Å². The monoisotopic (exact) mass is 478 g/mol. The molecule has 2 aliphatic carbocycles. The maximum absolute atomic E-state index is 12.4. The SMILES string of the molecule is CNC(=O)CCC(C)(C)OCC(C)(N)NC(=O)OCC1C2CCc3nnn(C(C)C)c3CCC21. The van der Waals surface area contributed by atoms with Crippen molar-refractivity contribution in [2.24, 2.45) is 23.5 Å². The maximum atomic E-state index is 12.4. The molecule has 1 aromatic heterocycles. The number of alkyl carbamates (subject to hydrolysis) is 1. The van der Waals surface area contributed by atoms with Crippen molar-refractivity contribution in [3.05, 3.63) is 11.4 Å². The summed E-state index contributed by atoms with van der Waals surface area (Å²) < 4.78 is 13.5. The van der Waals surface area contributed by atoms with E-state index in [1.807, 2.05) is 18.5 Å². The molecule has 34 heavy (non-hydrogen) atoms. The molecule has 1 heterocycles. The van der Waals surface area contributed by atoms with E-state index in [1.54, 1.807) is 14.0 Å². The van der Waals surface area contributed by atoms with Crippen LogP contribution < -0.4 is 16.4 Å². The highest BCUT2D eigenvalue weighted by Gasteiger charge is 2.50. The summed E-state index contributed by atoms with van der Waals surface area (Å²) in [5, 5.41) is 14.1. The molecule has 0 bridgehead atoms. The highest BCUT2D eigenvalue weighted by atomic mass is 16.6. The van der Waals surface area contributed by atoms with Gasteiger partial charge < -0.3 is 25.8 Å². The molecule has 0 radical (unpaired) electrons. The highest BCUT2D eigenvalue weighted by molar-refractivity contribution is 5.75. The van der Waals surface area contributed by atoms with Gasteiger partial charge in [0, 0.05) is 19.5 Å². The molecule has 0 spiro atoms. The number of aromatic nitrogens is 3. The predicted molar refractivity (Wildman–Crippen MR) is 128 cm³/mol. The summed E-state index contributed by atoms with van der Waals surface area (Å²) in [5.74, 6) is 1.49. The fourth-order valence-corrected chi connectivity index (χ4v) is 4.88. The third-order valence-corrected chi connectivity index (χ3v) is 7.09. The molecule has 2 amide bonds. The molecule has 3 rings (SSSR count). The van der Waals surface area contributed by atoms with E-state index in [4.69, 9.17) is 15.2 Å². The van der Waals surface area contributed by atoms with Gasteiger partial charge in [0.2, 0.25) is 5.91 Å². The summed E-state index contributed by atoms with van der Waals surface area (Å²) in [6.07, 6.45) is 4.40. The number of carbonyl (C=O) groups excluding carboxylic acids is 2. The van der Waals surface area contributed by atoms with Crippen LogP contribution in [0.15, 0.2) is 0 Å². The molecule has 10 nitrogen and oxygen atoms in total. The second kappa shape index (κ2) is 10.6. The highest BCUT2D eigenvalue weighted by Crippen LogP contribution is 2.53. The Hall–Kier alpha value is -2.20. The van der Waals surface area contributed by atoms with E-state index >= 15 is 0 Å². The minimum absolute atomic E-state index is 0.0389. The van der Waals surface area contributed by atoms with Gasteiger partial charge in [-0.05, 0) is 84.5 Å². The number of amides is 2. The van der Waals surface area contributed by atoms with Crippen LogP contribution in [-0.2, 0) is 27.1 Å². The Morgan fingerprint density at radius 3 is 2.53 bits per heavy atom. The molecule has 1 fully saturated rings. The molecule has 4 atom stereocenters. The van der Waals surface area contributed by atoms with E-state index in [0.29, 0.717) is 43.2 Å². The normalized spacial score (nSPS) is 23.7. The lowest BCUT2D eigenvalue weighted by Gasteiger charge is -2.32. The zero-order valence-corrected chi connectivity index (χ0v) is 21.5. The first-order valence-electron chi connectivity index (χ1n) is 12.4. The van der Waals surface area contributed by atoms with Crippen molar-refractivity contribution in [2.45, 2.75) is 90.4 Å². The van der Waals surface area contributed by atoms with Gasteiger partial charge in [0.25, 0.3) is 0 Å². The third kappa shape index (κ3) is 6.91. The number of aryl methyl sites for hydroxylation is 1. The average molecular weight is 479 g/mol. The number of fused-ring (bicyclic) bond motifs is 2. The Balaban J connectivity index is 1.41. The van der Waals surface area contributed by atoms with E-state index in [0.717, 1.165) is 31.4 Å². The molecular weight excluding hydrogens is 436 g/mol. The van der Waals surface area contributed by atoms with Crippen LogP contribution in [0.4, 0.5) is 4.79 Å². The van der Waals surface area contributed by atoms with E-state index in [1.165, 1.54) is 5.69 Å². The number of hydrogen-bond acceptors (Lipinski definition) is 7. The van der Waals surface area contributed by atoms with Crippen LogP contribution in [0.3, 0.4) is 0 Å². The smallest absolute Gasteiger partial charge is 0.408 e. The average Bonchev–Trinajstić information content (AvgIpc) is 3.24. The lowest BCUT2D eigenvalue weighted by Crippen LogP contribution is -2.58. The number of hydrogen-bond donors (Lipinski definition) is 3. The van der Waals surface area contributed by atoms with Crippen LogP contribution in [0.2, 0.25) is 0 Å². The van der Waals surface area contributed by atoms with Gasteiger partial charge in [0.1, 0.15) is 5.66 Å². The number of rotatable bonds is 10. The van der Waals surface area contributed by atoms with Crippen LogP contribution in [-0.4, -0.2) is 58.5 Å². The van der Waals surface area contributed by atoms with Gasteiger partial charge in [-0.25, -0.2) is 9.48 Å². The van der Waals surface area contributed by atoms with Gasteiger partial charge in [-0.1, -0.05) is 5.21 Å².